The fourth-order valence-corrected chi connectivity index (χ4v) is 1.62. The molecule has 0 rings (SSSR count). The maximum atomic E-state index is 10.9. The molecular weight excluding hydrogens is 218 g/mol. The van der Waals surface area contributed by atoms with E-state index in [4.69, 9.17) is 5.21 Å². The topological polar surface area (TPSA) is 66.1 Å². The zero-order valence-corrected chi connectivity index (χ0v) is 11.0. The van der Waals surface area contributed by atoms with E-state index in [0.717, 1.165) is 19.1 Å². The van der Waals surface area contributed by atoms with Crippen LogP contribution in [0, 0.1) is 0 Å². The fraction of sp³-hybridized carbons (Fsp3) is 0.833. The number of oxime groups is 1. The molecule has 0 heterocycles. The summed E-state index contributed by atoms with van der Waals surface area (Å²) in [5, 5.41) is 13.4. The second-order valence-electron chi connectivity index (χ2n) is 4.61. The fourth-order valence-electron chi connectivity index (χ4n) is 1.62. The Hall–Kier alpha value is -1.10. The van der Waals surface area contributed by atoms with E-state index in [0.29, 0.717) is 6.54 Å². The molecule has 0 saturated carbocycles. The Labute approximate surface area is 104 Å². The molecule has 5 nitrogen and oxygen atoms in total. The lowest BCUT2D eigenvalue weighted by atomic mass is 10.1. The van der Waals surface area contributed by atoms with Crippen LogP contribution in [-0.2, 0) is 4.79 Å². The van der Waals surface area contributed by atoms with Gasteiger partial charge in [-0.05, 0) is 19.3 Å². The lowest BCUT2D eigenvalue weighted by molar-refractivity contribution is -0.858. The first-order valence-electron chi connectivity index (χ1n) is 6.41. The number of amides is 1. The van der Waals surface area contributed by atoms with Crippen LogP contribution in [0.1, 0.15) is 38.5 Å². The highest BCUT2D eigenvalue weighted by atomic mass is 16.4. The SMILES string of the molecule is C[NH+](C)CCCCCCCCNC(=O)/C=N\O. The first-order chi connectivity index (χ1) is 8.16. The van der Waals surface area contributed by atoms with Crippen molar-refractivity contribution in [2.75, 3.05) is 27.2 Å². The Kier molecular flexibility index (Phi) is 10.7. The molecule has 0 aromatic heterocycles. The average Bonchev–Trinajstić information content (AvgIpc) is 2.27. The highest BCUT2D eigenvalue weighted by Gasteiger charge is 1.96. The van der Waals surface area contributed by atoms with Gasteiger partial charge < -0.3 is 15.4 Å². The van der Waals surface area contributed by atoms with Gasteiger partial charge >= 0.3 is 0 Å². The summed E-state index contributed by atoms with van der Waals surface area (Å²) in [6, 6.07) is 0. The number of carbonyl (C=O) groups is 1. The lowest BCUT2D eigenvalue weighted by Crippen LogP contribution is -3.05. The minimum atomic E-state index is -0.332. The van der Waals surface area contributed by atoms with Gasteiger partial charge in [-0.15, -0.1) is 0 Å². The Balaban J connectivity index is 3.11. The average molecular weight is 244 g/mol. The van der Waals surface area contributed by atoms with Crippen molar-refractivity contribution in [1.82, 2.24) is 5.32 Å². The Morgan fingerprint density at radius 2 is 1.76 bits per heavy atom. The molecule has 0 spiro atoms. The molecule has 0 radical (unpaired) electrons. The number of quaternary nitrogens is 1. The number of hydrogen-bond acceptors (Lipinski definition) is 3. The van der Waals surface area contributed by atoms with E-state index in [9.17, 15) is 4.79 Å². The van der Waals surface area contributed by atoms with Gasteiger partial charge in [-0.3, -0.25) is 4.79 Å². The molecule has 3 N–H and O–H groups in total. The van der Waals surface area contributed by atoms with Gasteiger partial charge in [0.2, 0.25) is 0 Å². The standard InChI is InChI=1S/C12H25N3O2/c1-15(2)10-8-6-4-3-5-7-9-13-12(16)11-14-17/h11,17H,3-10H2,1-2H3,(H,13,16)/p+1/b14-11-. The maximum absolute atomic E-state index is 10.9. The number of unbranched alkanes of at least 4 members (excludes halogenated alkanes) is 5. The van der Waals surface area contributed by atoms with Crippen LogP contribution in [0.5, 0.6) is 0 Å². The van der Waals surface area contributed by atoms with E-state index >= 15 is 0 Å². The third-order valence-corrected chi connectivity index (χ3v) is 2.58. The minimum Gasteiger partial charge on any atom is -0.411 e. The Morgan fingerprint density at radius 1 is 1.18 bits per heavy atom. The van der Waals surface area contributed by atoms with Crippen LogP contribution >= 0.6 is 0 Å². The summed E-state index contributed by atoms with van der Waals surface area (Å²) in [6.45, 7) is 1.91. The van der Waals surface area contributed by atoms with Gasteiger partial charge in [0, 0.05) is 6.54 Å². The second kappa shape index (κ2) is 11.4. The van der Waals surface area contributed by atoms with Crippen LogP contribution in [0.4, 0.5) is 0 Å². The van der Waals surface area contributed by atoms with Crippen molar-refractivity contribution < 1.29 is 14.9 Å². The predicted octanol–water partition coefficient (Wildman–Crippen LogP) is 0.0477. The van der Waals surface area contributed by atoms with Crippen molar-refractivity contribution in [2.24, 2.45) is 5.16 Å². The summed E-state index contributed by atoms with van der Waals surface area (Å²) in [5.74, 6) is -0.332. The van der Waals surface area contributed by atoms with Gasteiger partial charge in [-0.25, -0.2) is 0 Å². The van der Waals surface area contributed by atoms with Crippen molar-refractivity contribution in [3.8, 4) is 0 Å². The van der Waals surface area contributed by atoms with Crippen molar-refractivity contribution >= 4 is 12.1 Å². The van der Waals surface area contributed by atoms with Gasteiger partial charge in [-0.1, -0.05) is 24.4 Å². The summed E-state index contributed by atoms with van der Waals surface area (Å²) in [5.41, 5.74) is 0. The normalized spacial score (nSPS) is 11.2. The van der Waals surface area contributed by atoms with Gasteiger partial charge in [0.05, 0.1) is 20.6 Å². The molecule has 0 aliphatic rings. The van der Waals surface area contributed by atoms with E-state index in [1.165, 1.54) is 37.1 Å². The highest BCUT2D eigenvalue weighted by Crippen LogP contribution is 2.03. The molecular formula is C12H26N3O2+. The number of hydrogen-bond donors (Lipinski definition) is 3. The van der Waals surface area contributed by atoms with Crippen molar-refractivity contribution in [3.05, 3.63) is 0 Å². The molecule has 17 heavy (non-hydrogen) atoms. The molecule has 0 aromatic rings. The monoisotopic (exact) mass is 244 g/mol. The molecule has 0 aliphatic carbocycles. The van der Waals surface area contributed by atoms with Crippen LogP contribution in [0.25, 0.3) is 0 Å². The Bertz CT molecular complexity index is 218. The van der Waals surface area contributed by atoms with Crippen LogP contribution in [0.3, 0.4) is 0 Å². The van der Waals surface area contributed by atoms with E-state index in [1.54, 1.807) is 0 Å². The molecule has 0 aromatic carbocycles. The zero-order chi connectivity index (χ0) is 12.9. The van der Waals surface area contributed by atoms with Gasteiger partial charge in [0.1, 0.15) is 6.21 Å². The molecule has 0 fully saturated rings. The van der Waals surface area contributed by atoms with Gasteiger partial charge in [-0.2, -0.15) is 0 Å². The number of nitrogens with one attached hydrogen (secondary N) is 2. The molecule has 0 aliphatic heterocycles. The van der Waals surface area contributed by atoms with E-state index in [-0.39, 0.29) is 5.91 Å². The zero-order valence-electron chi connectivity index (χ0n) is 11.0. The van der Waals surface area contributed by atoms with Gasteiger partial charge in [0.25, 0.3) is 5.91 Å². The van der Waals surface area contributed by atoms with Gasteiger partial charge in [0.15, 0.2) is 0 Å². The summed E-state index contributed by atoms with van der Waals surface area (Å²) in [6.07, 6.45) is 8.12. The quantitative estimate of drug-likeness (QED) is 0.220. The first-order valence-corrected chi connectivity index (χ1v) is 6.41. The number of rotatable bonds is 10. The second-order valence-corrected chi connectivity index (χ2v) is 4.61. The molecule has 0 saturated heterocycles. The minimum absolute atomic E-state index is 0.332. The summed E-state index contributed by atoms with van der Waals surface area (Å²) < 4.78 is 0. The van der Waals surface area contributed by atoms with Crippen molar-refractivity contribution in [1.29, 1.82) is 0 Å². The van der Waals surface area contributed by atoms with Crippen LogP contribution in [-0.4, -0.2) is 44.5 Å². The molecule has 5 heteroatoms. The molecule has 1 amide bonds. The predicted molar refractivity (Wildman–Crippen MR) is 68.7 cm³/mol. The third kappa shape index (κ3) is 12.8. The Morgan fingerprint density at radius 3 is 2.35 bits per heavy atom. The molecule has 0 bridgehead atoms. The maximum Gasteiger partial charge on any atom is 0.265 e. The summed E-state index contributed by atoms with van der Waals surface area (Å²) in [4.78, 5) is 12.4. The molecule has 100 valence electrons. The summed E-state index contributed by atoms with van der Waals surface area (Å²) >= 11 is 0. The van der Waals surface area contributed by atoms with Crippen LogP contribution in [0.2, 0.25) is 0 Å². The van der Waals surface area contributed by atoms with Crippen molar-refractivity contribution in [2.45, 2.75) is 38.5 Å². The number of carbonyl (C=O) groups excluding carboxylic acids is 1. The first kappa shape index (κ1) is 15.9. The third-order valence-electron chi connectivity index (χ3n) is 2.58. The van der Waals surface area contributed by atoms with E-state index in [1.807, 2.05) is 0 Å². The number of nitrogens with zero attached hydrogens (tertiary/aromatic N) is 1. The smallest absolute Gasteiger partial charge is 0.265 e. The molecule has 0 atom stereocenters. The van der Waals surface area contributed by atoms with E-state index < -0.39 is 0 Å². The largest absolute Gasteiger partial charge is 0.411 e. The van der Waals surface area contributed by atoms with Crippen LogP contribution in [0.15, 0.2) is 5.16 Å². The highest BCUT2D eigenvalue weighted by molar-refractivity contribution is 6.25. The summed E-state index contributed by atoms with van der Waals surface area (Å²) in [7, 11) is 4.36. The van der Waals surface area contributed by atoms with E-state index in [2.05, 4.69) is 24.6 Å². The van der Waals surface area contributed by atoms with Crippen molar-refractivity contribution in [3.63, 3.8) is 0 Å². The molecule has 0 unspecified atom stereocenters. The lowest BCUT2D eigenvalue weighted by Gasteiger charge is -2.06. The van der Waals surface area contributed by atoms with Crippen LogP contribution < -0.4 is 10.2 Å².